The summed E-state index contributed by atoms with van der Waals surface area (Å²) in [6, 6.07) is 9.14. The van der Waals surface area contributed by atoms with E-state index in [9.17, 15) is 8.42 Å². The Balaban J connectivity index is 2.20. The number of nitrogens with one attached hydrogen (secondary N) is 1. The quantitative estimate of drug-likeness (QED) is 0.756. The van der Waals surface area contributed by atoms with Crippen LogP contribution in [0.3, 0.4) is 0 Å². The summed E-state index contributed by atoms with van der Waals surface area (Å²) in [7, 11) is -3.37. The average molecular weight is 359 g/mol. The van der Waals surface area contributed by atoms with Crippen LogP contribution in [0.25, 0.3) is 16.6 Å². The van der Waals surface area contributed by atoms with E-state index in [1.807, 2.05) is 44.2 Å². The van der Waals surface area contributed by atoms with E-state index < -0.39 is 16.1 Å². The zero-order valence-electron chi connectivity index (χ0n) is 14.6. The molecule has 0 spiro atoms. The van der Waals surface area contributed by atoms with Crippen LogP contribution in [0.2, 0.25) is 0 Å². The molecular formula is C17H21N5O2S. The molecule has 3 aromatic rings. The van der Waals surface area contributed by atoms with Gasteiger partial charge >= 0.3 is 0 Å². The highest BCUT2D eigenvalue weighted by molar-refractivity contribution is 7.88. The van der Waals surface area contributed by atoms with E-state index >= 15 is 0 Å². The Labute approximate surface area is 147 Å². The van der Waals surface area contributed by atoms with E-state index in [-0.39, 0.29) is 5.92 Å². The van der Waals surface area contributed by atoms with Crippen molar-refractivity contribution in [3.05, 3.63) is 48.2 Å². The topological polar surface area (TPSA) is 89.8 Å². The van der Waals surface area contributed by atoms with Gasteiger partial charge in [-0.25, -0.2) is 22.8 Å². The lowest BCUT2D eigenvalue weighted by atomic mass is 10.2. The summed E-state index contributed by atoms with van der Waals surface area (Å²) in [4.78, 5) is 9.03. The summed E-state index contributed by atoms with van der Waals surface area (Å²) in [6.45, 7) is 5.75. The number of aromatic nitrogens is 4. The highest BCUT2D eigenvalue weighted by Gasteiger charge is 2.22. The maximum absolute atomic E-state index is 11.6. The van der Waals surface area contributed by atoms with Gasteiger partial charge in [0.1, 0.15) is 0 Å². The van der Waals surface area contributed by atoms with E-state index in [1.165, 1.54) is 0 Å². The van der Waals surface area contributed by atoms with E-state index in [2.05, 4.69) is 19.8 Å². The second kappa shape index (κ2) is 6.53. The van der Waals surface area contributed by atoms with Gasteiger partial charge in [0.15, 0.2) is 11.6 Å². The summed E-state index contributed by atoms with van der Waals surface area (Å²) in [5, 5.41) is 5.59. The maximum Gasteiger partial charge on any atom is 0.209 e. The van der Waals surface area contributed by atoms with E-state index in [0.717, 1.165) is 22.8 Å². The minimum absolute atomic E-state index is 0.119. The number of pyridine rings is 1. The van der Waals surface area contributed by atoms with E-state index in [4.69, 9.17) is 0 Å². The lowest BCUT2D eigenvalue weighted by molar-refractivity contribution is 0.560. The van der Waals surface area contributed by atoms with Gasteiger partial charge in [-0.2, -0.15) is 5.10 Å². The molecular weight excluding hydrogens is 338 g/mol. The van der Waals surface area contributed by atoms with Crippen LogP contribution in [0, 0.1) is 0 Å². The number of hydrogen-bond donors (Lipinski definition) is 1. The highest BCUT2D eigenvalue weighted by Crippen LogP contribution is 2.24. The van der Waals surface area contributed by atoms with Crippen molar-refractivity contribution in [3.8, 4) is 5.69 Å². The maximum atomic E-state index is 11.6. The van der Waals surface area contributed by atoms with Gasteiger partial charge in [0, 0.05) is 17.5 Å². The lowest BCUT2D eigenvalue weighted by Gasteiger charge is -2.14. The third-order valence-electron chi connectivity index (χ3n) is 3.78. The van der Waals surface area contributed by atoms with Crippen LogP contribution in [0.4, 0.5) is 0 Å². The van der Waals surface area contributed by atoms with Gasteiger partial charge in [0.05, 0.1) is 23.5 Å². The van der Waals surface area contributed by atoms with Crippen molar-refractivity contribution >= 4 is 20.9 Å². The predicted molar refractivity (Wildman–Crippen MR) is 97.1 cm³/mol. The summed E-state index contributed by atoms with van der Waals surface area (Å²) in [5.41, 5.74) is 1.56. The largest absolute Gasteiger partial charge is 0.254 e. The molecule has 1 atom stereocenters. The van der Waals surface area contributed by atoms with Crippen LogP contribution in [-0.2, 0) is 10.0 Å². The van der Waals surface area contributed by atoms with Gasteiger partial charge in [0.2, 0.25) is 10.0 Å². The van der Waals surface area contributed by atoms with Crippen molar-refractivity contribution in [1.82, 2.24) is 24.5 Å². The van der Waals surface area contributed by atoms with E-state index in [1.54, 1.807) is 17.8 Å². The Morgan fingerprint density at radius 3 is 2.52 bits per heavy atom. The molecule has 0 aliphatic rings. The first-order chi connectivity index (χ1) is 11.8. The monoisotopic (exact) mass is 359 g/mol. The highest BCUT2D eigenvalue weighted by atomic mass is 32.2. The van der Waals surface area contributed by atoms with Crippen molar-refractivity contribution in [2.24, 2.45) is 0 Å². The van der Waals surface area contributed by atoms with Crippen LogP contribution in [-0.4, -0.2) is 34.4 Å². The molecule has 132 valence electrons. The van der Waals surface area contributed by atoms with Crippen molar-refractivity contribution in [2.75, 3.05) is 6.26 Å². The molecule has 1 aromatic carbocycles. The Morgan fingerprint density at radius 2 is 1.84 bits per heavy atom. The number of fused-ring (bicyclic) bond motifs is 1. The third kappa shape index (κ3) is 3.69. The van der Waals surface area contributed by atoms with Crippen molar-refractivity contribution in [2.45, 2.75) is 32.7 Å². The van der Waals surface area contributed by atoms with Gasteiger partial charge in [-0.05, 0) is 19.1 Å². The number of nitrogens with zero attached hydrogens (tertiary/aromatic N) is 4. The molecule has 0 bridgehead atoms. The summed E-state index contributed by atoms with van der Waals surface area (Å²) < 4.78 is 27.5. The molecule has 0 amide bonds. The summed E-state index contributed by atoms with van der Waals surface area (Å²) in [5.74, 6) is 1.31. The fraction of sp³-hybridized carbons (Fsp3) is 0.353. The zero-order valence-corrected chi connectivity index (χ0v) is 15.4. The van der Waals surface area contributed by atoms with Crippen LogP contribution in [0.5, 0.6) is 0 Å². The fourth-order valence-electron chi connectivity index (χ4n) is 2.68. The first kappa shape index (κ1) is 17.5. The second-order valence-electron chi connectivity index (χ2n) is 6.36. The zero-order chi connectivity index (χ0) is 18.2. The van der Waals surface area contributed by atoms with Crippen LogP contribution in [0.1, 0.15) is 44.4 Å². The Bertz CT molecular complexity index is 1010. The molecule has 0 aliphatic carbocycles. The molecule has 0 fully saturated rings. The standard InChI is InChI=1S/C17H21N5O2S/c1-11(2)16-19-17(12(3)21-25(4,23)24)22(20-16)14-9-5-7-13-8-6-10-18-15(13)14/h5-12,21H,1-4H3/t12-/m0/s1. The lowest BCUT2D eigenvalue weighted by Crippen LogP contribution is -2.27. The molecule has 0 saturated carbocycles. The predicted octanol–water partition coefficient (Wildman–Crippen LogP) is 2.55. The minimum atomic E-state index is -3.37. The van der Waals surface area contributed by atoms with Gasteiger partial charge in [-0.15, -0.1) is 0 Å². The molecule has 1 N–H and O–H groups in total. The molecule has 0 unspecified atom stereocenters. The Morgan fingerprint density at radius 1 is 1.12 bits per heavy atom. The Hall–Kier alpha value is -2.32. The molecule has 0 saturated heterocycles. The van der Waals surface area contributed by atoms with Gasteiger partial charge in [-0.1, -0.05) is 32.0 Å². The number of hydrogen-bond acceptors (Lipinski definition) is 5. The molecule has 2 heterocycles. The normalized spacial score (nSPS) is 13.5. The van der Waals surface area contributed by atoms with Crippen LogP contribution >= 0.6 is 0 Å². The second-order valence-corrected chi connectivity index (χ2v) is 8.14. The molecule has 25 heavy (non-hydrogen) atoms. The molecule has 0 aliphatic heterocycles. The van der Waals surface area contributed by atoms with Crippen LogP contribution in [0.15, 0.2) is 36.5 Å². The first-order valence-electron chi connectivity index (χ1n) is 8.04. The van der Waals surface area contributed by atoms with Crippen LogP contribution < -0.4 is 4.72 Å². The van der Waals surface area contributed by atoms with Crippen molar-refractivity contribution in [1.29, 1.82) is 0 Å². The summed E-state index contributed by atoms with van der Waals surface area (Å²) >= 11 is 0. The van der Waals surface area contributed by atoms with Gasteiger partial charge < -0.3 is 0 Å². The molecule has 2 aromatic heterocycles. The third-order valence-corrected chi connectivity index (χ3v) is 4.56. The number of benzene rings is 1. The van der Waals surface area contributed by atoms with Crippen molar-refractivity contribution in [3.63, 3.8) is 0 Å². The SMILES string of the molecule is CC(C)c1nc([C@H](C)NS(C)(=O)=O)n(-c2cccc3cccnc23)n1. The number of sulfonamides is 1. The summed E-state index contributed by atoms with van der Waals surface area (Å²) in [6.07, 6.45) is 2.86. The fourth-order valence-corrected chi connectivity index (χ4v) is 3.42. The number of para-hydroxylation sites is 1. The minimum Gasteiger partial charge on any atom is -0.254 e. The smallest absolute Gasteiger partial charge is 0.209 e. The number of rotatable bonds is 5. The van der Waals surface area contributed by atoms with Gasteiger partial charge in [-0.3, -0.25) is 4.98 Å². The average Bonchev–Trinajstić information content (AvgIpc) is 2.98. The molecule has 3 rings (SSSR count). The molecule has 7 nitrogen and oxygen atoms in total. The molecule has 0 radical (unpaired) electrons. The first-order valence-corrected chi connectivity index (χ1v) is 9.93. The molecule has 8 heteroatoms. The van der Waals surface area contributed by atoms with Crippen molar-refractivity contribution < 1.29 is 8.42 Å². The Kier molecular flexibility index (Phi) is 4.57. The van der Waals surface area contributed by atoms with Gasteiger partial charge in [0.25, 0.3) is 0 Å². The van der Waals surface area contributed by atoms with E-state index in [0.29, 0.717) is 11.6 Å².